The summed E-state index contributed by atoms with van der Waals surface area (Å²) < 4.78 is 0. The number of hydrogen-bond donors (Lipinski definition) is 1. The van der Waals surface area contributed by atoms with Crippen molar-refractivity contribution in [3.05, 3.63) is 41.5 Å². The molecule has 1 N–H and O–H groups in total. The molecule has 1 aromatic rings. The maximum absolute atomic E-state index is 10.8. The van der Waals surface area contributed by atoms with Gasteiger partial charge in [0.15, 0.2) is 0 Å². The van der Waals surface area contributed by atoms with Gasteiger partial charge in [-0.1, -0.05) is 30.3 Å². The van der Waals surface area contributed by atoms with Crippen LogP contribution in [0.25, 0.3) is 5.57 Å². The predicted molar refractivity (Wildman–Crippen MR) is 61.8 cm³/mol. The van der Waals surface area contributed by atoms with E-state index < -0.39 is 11.9 Å². The molecule has 0 aliphatic rings. The Labute approximate surface area is 90.3 Å². The van der Waals surface area contributed by atoms with E-state index in [1.165, 1.54) is 5.57 Å². The normalized spacial score (nSPS) is 13.7. The second kappa shape index (κ2) is 4.78. The number of hydrogen-bond acceptors (Lipinski definition) is 1. The Hall–Kier alpha value is -1.57. The van der Waals surface area contributed by atoms with Crippen LogP contribution in [-0.4, -0.2) is 11.1 Å². The minimum absolute atomic E-state index is 0.440. The van der Waals surface area contributed by atoms with Crippen LogP contribution in [0.4, 0.5) is 0 Å². The van der Waals surface area contributed by atoms with Gasteiger partial charge >= 0.3 is 5.97 Å². The van der Waals surface area contributed by atoms with Gasteiger partial charge in [0.25, 0.3) is 0 Å². The van der Waals surface area contributed by atoms with Crippen LogP contribution in [0.2, 0.25) is 0 Å². The summed E-state index contributed by atoms with van der Waals surface area (Å²) in [6, 6.07) is 7.68. The highest BCUT2D eigenvalue weighted by Crippen LogP contribution is 2.19. The second-order valence-electron chi connectivity index (χ2n) is 3.65. The molecule has 0 aromatic heterocycles. The largest absolute Gasteiger partial charge is 0.481 e. The lowest BCUT2D eigenvalue weighted by atomic mass is 9.98. The van der Waals surface area contributed by atoms with E-state index in [4.69, 9.17) is 5.11 Å². The lowest BCUT2D eigenvalue weighted by Crippen LogP contribution is -2.07. The maximum Gasteiger partial charge on any atom is 0.310 e. The molecule has 2 heteroatoms. The highest BCUT2D eigenvalue weighted by Gasteiger charge is 2.12. The smallest absolute Gasteiger partial charge is 0.310 e. The molecule has 0 fully saturated rings. The van der Waals surface area contributed by atoms with Gasteiger partial charge in [-0.15, -0.1) is 0 Å². The Kier molecular flexibility index (Phi) is 3.67. The second-order valence-corrected chi connectivity index (χ2v) is 3.65. The van der Waals surface area contributed by atoms with Crippen LogP contribution in [0.15, 0.2) is 30.3 Å². The van der Waals surface area contributed by atoms with Crippen LogP contribution >= 0.6 is 0 Å². The van der Waals surface area contributed by atoms with Gasteiger partial charge < -0.3 is 5.11 Å². The first-order valence-corrected chi connectivity index (χ1v) is 5.02. The molecule has 0 bridgehead atoms. The summed E-state index contributed by atoms with van der Waals surface area (Å²) in [5, 5.41) is 8.85. The molecule has 0 spiro atoms. The number of carbonyl (C=O) groups is 1. The van der Waals surface area contributed by atoms with Crippen molar-refractivity contribution < 1.29 is 9.90 Å². The van der Waals surface area contributed by atoms with Crippen LogP contribution in [-0.2, 0) is 4.79 Å². The van der Waals surface area contributed by atoms with Gasteiger partial charge in [-0.3, -0.25) is 4.79 Å². The number of benzene rings is 1. The number of rotatable bonds is 3. The number of aliphatic carboxylic acids is 1. The fourth-order valence-corrected chi connectivity index (χ4v) is 1.34. The van der Waals surface area contributed by atoms with E-state index in [2.05, 4.69) is 0 Å². The van der Waals surface area contributed by atoms with Crippen molar-refractivity contribution in [2.24, 2.45) is 0 Å². The Balaban J connectivity index is 2.95. The summed E-state index contributed by atoms with van der Waals surface area (Å²) in [6.07, 6.45) is 2.04. The lowest BCUT2D eigenvalue weighted by molar-refractivity contribution is -0.138. The van der Waals surface area contributed by atoms with Gasteiger partial charge in [0, 0.05) is 0 Å². The van der Waals surface area contributed by atoms with Crippen molar-refractivity contribution in [1.82, 2.24) is 0 Å². The fraction of sp³-hybridized carbons (Fsp3) is 0.308. The summed E-state index contributed by atoms with van der Waals surface area (Å²) in [6.45, 7) is 5.72. The zero-order valence-electron chi connectivity index (χ0n) is 9.32. The molecule has 0 saturated heterocycles. The Morgan fingerprint density at radius 3 is 2.27 bits per heavy atom. The van der Waals surface area contributed by atoms with Crippen molar-refractivity contribution in [2.75, 3.05) is 0 Å². The topological polar surface area (TPSA) is 37.3 Å². The molecule has 0 aliphatic carbocycles. The summed E-state index contributed by atoms with van der Waals surface area (Å²) in [5.41, 5.74) is 3.18. The summed E-state index contributed by atoms with van der Waals surface area (Å²) in [5.74, 6) is -1.23. The van der Waals surface area contributed by atoms with E-state index >= 15 is 0 Å². The van der Waals surface area contributed by atoms with E-state index in [9.17, 15) is 4.79 Å². The molecule has 80 valence electrons. The molecule has 0 radical (unpaired) electrons. The third kappa shape index (κ3) is 2.69. The van der Waals surface area contributed by atoms with E-state index in [1.807, 2.05) is 44.2 Å². The average molecular weight is 204 g/mol. The van der Waals surface area contributed by atoms with E-state index in [0.717, 1.165) is 11.1 Å². The molecule has 1 atom stereocenters. The quantitative estimate of drug-likeness (QED) is 0.820. The first-order valence-electron chi connectivity index (χ1n) is 5.02. The number of carboxylic acid groups (broad SMARTS) is 1. The Bertz CT molecular complexity index is 374. The average Bonchev–Trinajstić information content (AvgIpc) is 2.27. The minimum Gasteiger partial charge on any atom is -0.481 e. The Morgan fingerprint density at radius 1 is 1.33 bits per heavy atom. The molecule has 0 aliphatic heterocycles. The van der Waals surface area contributed by atoms with Crippen LogP contribution < -0.4 is 0 Å². The molecule has 0 saturated carbocycles. The van der Waals surface area contributed by atoms with E-state index in [-0.39, 0.29) is 0 Å². The van der Waals surface area contributed by atoms with Crippen molar-refractivity contribution in [3.63, 3.8) is 0 Å². The van der Waals surface area contributed by atoms with Crippen molar-refractivity contribution >= 4 is 11.5 Å². The minimum atomic E-state index is -0.787. The molecule has 2 nitrogen and oxygen atoms in total. The van der Waals surface area contributed by atoms with Crippen LogP contribution in [0.5, 0.6) is 0 Å². The maximum atomic E-state index is 10.8. The number of allylic oxidation sites excluding steroid dienone is 2. The summed E-state index contributed by atoms with van der Waals surface area (Å²) >= 11 is 0. The zero-order chi connectivity index (χ0) is 11.4. The first-order chi connectivity index (χ1) is 7.06. The Morgan fingerprint density at radius 2 is 1.87 bits per heavy atom. The van der Waals surface area contributed by atoms with Gasteiger partial charge in [-0.05, 0) is 37.5 Å². The third-order valence-corrected chi connectivity index (χ3v) is 2.67. The van der Waals surface area contributed by atoms with Gasteiger partial charge in [0.05, 0.1) is 5.92 Å². The predicted octanol–water partition coefficient (Wildman–Crippen LogP) is 3.30. The molecule has 1 aromatic carbocycles. The fourth-order valence-electron chi connectivity index (χ4n) is 1.34. The van der Waals surface area contributed by atoms with Gasteiger partial charge in [0.1, 0.15) is 0 Å². The zero-order valence-corrected chi connectivity index (χ0v) is 9.32. The van der Waals surface area contributed by atoms with E-state index in [1.54, 1.807) is 6.92 Å². The SMILES string of the molecule is C/C=C(\C)c1ccc(C(C)C(=O)O)cc1. The molecule has 0 amide bonds. The van der Waals surface area contributed by atoms with Crippen molar-refractivity contribution in [2.45, 2.75) is 26.7 Å². The lowest BCUT2D eigenvalue weighted by Gasteiger charge is -2.07. The standard InChI is InChI=1S/C13H16O2/c1-4-9(2)11-5-7-12(8-6-11)10(3)13(14)15/h4-8,10H,1-3H3,(H,14,15)/b9-4+. The molecule has 0 heterocycles. The van der Waals surface area contributed by atoms with Gasteiger partial charge in [0.2, 0.25) is 0 Å². The van der Waals surface area contributed by atoms with Crippen molar-refractivity contribution in [3.8, 4) is 0 Å². The van der Waals surface area contributed by atoms with E-state index in [0.29, 0.717) is 0 Å². The number of carboxylic acids is 1. The molecule has 1 unspecified atom stereocenters. The first kappa shape index (κ1) is 11.5. The highest BCUT2D eigenvalue weighted by atomic mass is 16.4. The summed E-state index contributed by atoms with van der Waals surface area (Å²) in [4.78, 5) is 10.8. The monoisotopic (exact) mass is 204 g/mol. The van der Waals surface area contributed by atoms with Gasteiger partial charge in [-0.2, -0.15) is 0 Å². The third-order valence-electron chi connectivity index (χ3n) is 2.67. The molecule has 15 heavy (non-hydrogen) atoms. The van der Waals surface area contributed by atoms with Crippen LogP contribution in [0, 0.1) is 0 Å². The molecular formula is C13H16O2. The molecule has 1 rings (SSSR count). The van der Waals surface area contributed by atoms with Gasteiger partial charge in [-0.25, -0.2) is 0 Å². The van der Waals surface area contributed by atoms with Crippen molar-refractivity contribution in [1.29, 1.82) is 0 Å². The highest BCUT2D eigenvalue weighted by molar-refractivity contribution is 5.75. The summed E-state index contributed by atoms with van der Waals surface area (Å²) in [7, 11) is 0. The molecular weight excluding hydrogens is 188 g/mol. The van der Waals surface area contributed by atoms with Crippen LogP contribution in [0.3, 0.4) is 0 Å². The van der Waals surface area contributed by atoms with Crippen LogP contribution in [0.1, 0.15) is 37.8 Å².